The van der Waals surface area contributed by atoms with E-state index in [-0.39, 0.29) is 5.91 Å². The van der Waals surface area contributed by atoms with Crippen LogP contribution in [-0.2, 0) is 17.8 Å². The van der Waals surface area contributed by atoms with Gasteiger partial charge >= 0.3 is 0 Å². The molecule has 0 unspecified atom stereocenters. The summed E-state index contributed by atoms with van der Waals surface area (Å²) in [6.07, 6.45) is 3.90. The maximum atomic E-state index is 13.5. The first kappa shape index (κ1) is 21.2. The zero-order chi connectivity index (χ0) is 22.0. The van der Waals surface area contributed by atoms with Crippen LogP contribution in [0.3, 0.4) is 0 Å². The highest BCUT2D eigenvalue weighted by Gasteiger charge is 2.22. The molecule has 5 heteroatoms. The molecule has 0 saturated carbocycles. The molecule has 4 rings (SSSR count). The minimum absolute atomic E-state index is 0.0391. The van der Waals surface area contributed by atoms with Crippen molar-refractivity contribution in [3.63, 3.8) is 0 Å². The predicted octanol–water partition coefficient (Wildman–Crippen LogP) is 6.21. The molecule has 0 saturated heterocycles. The summed E-state index contributed by atoms with van der Waals surface area (Å²) in [6.45, 7) is 8.97. The lowest BCUT2D eigenvalue weighted by atomic mass is 10.0. The Morgan fingerprint density at radius 1 is 1.03 bits per heavy atom. The summed E-state index contributed by atoms with van der Waals surface area (Å²) in [7, 11) is 0. The molecule has 0 aliphatic rings. The number of hydrogen-bond donors (Lipinski definition) is 0. The van der Waals surface area contributed by atoms with Crippen LogP contribution in [-0.4, -0.2) is 15.9 Å². The molecule has 2 heterocycles. The maximum absolute atomic E-state index is 13.5. The van der Waals surface area contributed by atoms with E-state index in [2.05, 4.69) is 63.0 Å². The second kappa shape index (κ2) is 8.98. The van der Waals surface area contributed by atoms with Crippen molar-refractivity contribution >= 4 is 32.6 Å². The SMILES string of the molecule is Cc1ccc(CC(=O)N(Cc2cccnc2)c2nc3c(C(C)C)cccc3s2)cc1C. The number of anilines is 1. The van der Waals surface area contributed by atoms with E-state index in [1.807, 2.05) is 24.4 Å². The summed E-state index contributed by atoms with van der Waals surface area (Å²) in [5, 5.41) is 0.737. The molecule has 4 aromatic rings. The number of fused-ring (bicyclic) bond motifs is 1. The number of amides is 1. The standard InChI is InChI=1S/C26H27N3OS/c1-17(2)22-8-5-9-23-25(22)28-26(31-23)29(16-21-7-6-12-27-15-21)24(30)14-20-11-10-18(3)19(4)13-20/h5-13,15,17H,14,16H2,1-4H3. The van der Waals surface area contributed by atoms with E-state index in [1.54, 1.807) is 22.4 Å². The van der Waals surface area contributed by atoms with Gasteiger partial charge in [-0.05, 0) is 59.7 Å². The van der Waals surface area contributed by atoms with Crippen molar-refractivity contribution in [1.82, 2.24) is 9.97 Å². The summed E-state index contributed by atoms with van der Waals surface area (Å²) in [6, 6.07) is 16.4. The van der Waals surface area contributed by atoms with Gasteiger partial charge in [0.25, 0.3) is 0 Å². The number of hydrogen-bond acceptors (Lipinski definition) is 4. The van der Waals surface area contributed by atoms with Crippen LogP contribution in [0.25, 0.3) is 10.2 Å². The molecule has 0 atom stereocenters. The summed E-state index contributed by atoms with van der Waals surface area (Å²) in [5.41, 5.74) is 6.64. The Hall–Kier alpha value is -3.05. The minimum atomic E-state index is 0.0391. The fourth-order valence-electron chi connectivity index (χ4n) is 3.66. The highest BCUT2D eigenvalue weighted by Crippen LogP contribution is 2.34. The van der Waals surface area contributed by atoms with Crippen molar-refractivity contribution in [1.29, 1.82) is 0 Å². The lowest BCUT2D eigenvalue weighted by molar-refractivity contribution is -0.118. The molecular weight excluding hydrogens is 402 g/mol. The van der Waals surface area contributed by atoms with Crippen LogP contribution in [0.15, 0.2) is 60.9 Å². The molecule has 0 spiro atoms. The van der Waals surface area contributed by atoms with Crippen LogP contribution in [0.2, 0.25) is 0 Å². The quantitative estimate of drug-likeness (QED) is 0.366. The Kier molecular flexibility index (Phi) is 6.14. The van der Waals surface area contributed by atoms with Gasteiger partial charge in [-0.25, -0.2) is 4.98 Å². The number of thiazole rings is 1. The van der Waals surface area contributed by atoms with E-state index in [9.17, 15) is 4.79 Å². The molecule has 158 valence electrons. The van der Waals surface area contributed by atoms with Crippen molar-refractivity contribution in [3.05, 3.63) is 88.7 Å². The molecule has 2 aromatic carbocycles. The number of para-hydroxylation sites is 1. The normalized spacial score (nSPS) is 11.3. The molecule has 2 aromatic heterocycles. The Morgan fingerprint density at radius 3 is 2.58 bits per heavy atom. The number of carbonyl (C=O) groups is 1. The Balaban J connectivity index is 1.72. The van der Waals surface area contributed by atoms with Crippen molar-refractivity contribution in [3.8, 4) is 0 Å². The van der Waals surface area contributed by atoms with Crippen LogP contribution < -0.4 is 4.90 Å². The van der Waals surface area contributed by atoms with E-state index in [0.717, 1.165) is 26.5 Å². The smallest absolute Gasteiger partial charge is 0.233 e. The molecule has 0 aliphatic carbocycles. The van der Waals surface area contributed by atoms with E-state index in [0.29, 0.717) is 18.9 Å². The Bertz CT molecular complexity index is 1210. The van der Waals surface area contributed by atoms with Gasteiger partial charge in [-0.15, -0.1) is 0 Å². The van der Waals surface area contributed by atoms with Gasteiger partial charge in [0.1, 0.15) is 0 Å². The average Bonchev–Trinajstić information content (AvgIpc) is 3.19. The monoisotopic (exact) mass is 429 g/mol. The molecule has 31 heavy (non-hydrogen) atoms. The van der Waals surface area contributed by atoms with Gasteiger partial charge in [0, 0.05) is 12.4 Å². The highest BCUT2D eigenvalue weighted by atomic mass is 32.1. The highest BCUT2D eigenvalue weighted by molar-refractivity contribution is 7.22. The molecular formula is C26H27N3OS. The van der Waals surface area contributed by atoms with Crippen LogP contribution in [0.4, 0.5) is 5.13 Å². The summed E-state index contributed by atoms with van der Waals surface area (Å²) in [5.74, 6) is 0.411. The van der Waals surface area contributed by atoms with Crippen molar-refractivity contribution in [2.45, 2.75) is 46.6 Å². The first-order valence-corrected chi connectivity index (χ1v) is 11.4. The van der Waals surface area contributed by atoms with Crippen molar-refractivity contribution < 1.29 is 4.79 Å². The molecule has 0 fully saturated rings. The largest absolute Gasteiger partial charge is 0.283 e. The third-order valence-electron chi connectivity index (χ3n) is 5.58. The van der Waals surface area contributed by atoms with Gasteiger partial charge in [-0.3, -0.25) is 14.7 Å². The second-order valence-corrected chi connectivity index (χ2v) is 9.29. The van der Waals surface area contributed by atoms with Crippen molar-refractivity contribution in [2.24, 2.45) is 0 Å². The van der Waals surface area contributed by atoms with Crippen LogP contribution >= 0.6 is 11.3 Å². The van der Waals surface area contributed by atoms with E-state index in [4.69, 9.17) is 4.98 Å². The topological polar surface area (TPSA) is 46.1 Å². The van der Waals surface area contributed by atoms with Crippen molar-refractivity contribution in [2.75, 3.05) is 4.90 Å². The first-order chi connectivity index (χ1) is 14.9. The van der Waals surface area contributed by atoms with Gasteiger partial charge in [0.2, 0.25) is 5.91 Å². The third kappa shape index (κ3) is 4.67. The summed E-state index contributed by atoms with van der Waals surface area (Å²) >= 11 is 1.57. The minimum Gasteiger partial charge on any atom is -0.283 e. The maximum Gasteiger partial charge on any atom is 0.233 e. The number of aromatic nitrogens is 2. The van der Waals surface area contributed by atoms with Crippen LogP contribution in [0.1, 0.15) is 47.6 Å². The van der Waals surface area contributed by atoms with E-state index < -0.39 is 0 Å². The Morgan fingerprint density at radius 2 is 1.87 bits per heavy atom. The Labute approximate surface area is 187 Å². The third-order valence-corrected chi connectivity index (χ3v) is 6.63. The van der Waals surface area contributed by atoms with Gasteiger partial charge in [0.15, 0.2) is 5.13 Å². The van der Waals surface area contributed by atoms with Crippen LogP contribution in [0.5, 0.6) is 0 Å². The number of pyridine rings is 1. The fraction of sp³-hybridized carbons (Fsp3) is 0.269. The molecule has 0 bridgehead atoms. The van der Waals surface area contributed by atoms with E-state index in [1.165, 1.54) is 16.7 Å². The fourth-order valence-corrected chi connectivity index (χ4v) is 4.68. The number of nitrogens with zero attached hydrogens (tertiary/aromatic N) is 3. The molecule has 1 amide bonds. The number of carbonyl (C=O) groups excluding carboxylic acids is 1. The molecule has 0 radical (unpaired) electrons. The van der Waals surface area contributed by atoms with E-state index >= 15 is 0 Å². The number of aryl methyl sites for hydroxylation is 2. The molecule has 4 nitrogen and oxygen atoms in total. The van der Waals surface area contributed by atoms with Crippen LogP contribution in [0, 0.1) is 13.8 Å². The number of benzene rings is 2. The van der Waals surface area contributed by atoms with Gasteiger partial charge in [0.05, 0.1) is 23.2 Å². The lowest BCUT2D eigenvalue weighted by Gasteiger charge is -2.20. The zero-order valence-corrected chi connectivity index (χ0v) is 19.2. The first-order valence-electron chi connectivity index (χ1n) is 10.6. The van der Waals surface area contributed by atoms with Gasteiger partial charge < -0.3 is 0 Å². The zero-order valence-electron chi connectivity index (χ0n) is 18.4. The average molecular weight is 430 g/mol. The van der Waals surface area contributed by atoms with Gasteiger partial charge in [-0.2, -0.15) is 0 Å². The molecule has 0 aliphatic heterocycles. The summed E-state index contributed by atoms with van der Waals surface area (Å²) < 4.78 is 1.11. The number of rotatable bonds is 6. The predicted molar refractivity (Wildman–Crippen MR) is 129 cm³/mol. The lowest BCUT2D eigenvalue weighted by Crippen LogP contribution is -2.31. The summed E-state index contributed by atoms with van der Waals surface area (Å²) in [4.78, 5) is 24.4. The second-order valence-electron chi connectivity index (χ2n) is 8.28. The van der Waals surface area contributed by atoms with Gasteiger partial charge in [-0.1, -0.05) is 61.6 Å². The molecule has 0 N–H and O–H groups in total.